The Morgan fingerprint density at radius 2 is 1.95 bits per heavy atom. The summed E-state index contributed by atoms with van der Waals surface area (Å²) in [5, 5.41) is 3.69. The summed E-state index contributed by atoms with van der Waals surface area (Å²) in [6.07, 6.45) is 7.02. The highest BCUT2D eigenvalue weighted by Gasteiger charge is 2.40. The van der Waals surface area contributed by atoms with E-state index in [9.17, 15) is 0 Å². The first-order valence-electron chi connectivity index (χ1n) is 7.85. The Labute approximate surface area is 115 Å². The molecule has 1 aromatic rings. The zero-order chi connectivity index (χ0) is 12.7. The highest BCUT2D eigenvalue weighted by atomic mass is 16.5. The van der Waals surface area contributed by atoms with Gasteiger partial charge < -0.3 is 10.1 Å². The molecule has 2 nitrogen and oxygen atoms in total. The predicted octanol–water partition coefficient (Wildman–Crippen LogP) is 3.15. The lowest BCUT2D eigenvalue weighted by atomic mass is 9.98. The summed E-state index contributed by atoms with van der Waals surface area (Å²) in [5.41, 5.74) is 2.80. The molecule has 0 aromatic heterocycles. The molecule has 2 heteroatoms. The van der Waals surface area contributed by atoms with Crippen molar-refractivity contribution in [3.8, 4) is 5.75 Å². The molecule has 1 N–H and O–H groups in total. The molecular weight excluding hydrogens is 234 g/mol. The maximum absolute atomic E-state index is 5.56. The van der Waals surface area contributed by atoms with Crippen molar-refractivity contribution in [3.05, 3.63) is 29.3 Å². The Balaban J connectivity index is 1.32. The second-order valence-electron chi connectivity index (χ2n) is 6.51. The summed E-state index contributed by atoms with van der Waals surface area (Å²) < 4.78 is 5.56. The smallest absolute Gasteiger partial charge is 0.122 e. The summed E-state index contributed by atoms with van der Waals surface area (Å²) in [7, 11) is 0. The molecule has 2 saturated carbocycles. The summed E-state index contributed by atoms with van der Waals surface area (Å²) in [5.74, 6) is 4.16. The van der Waals surface area contributed by atoms with Gasteiger partial charge in [0.1, 0.15) is 5.75 Å². The van der Waals surface area contributed by atoms with Gasteiger partial charge >= 0.3 is 0 Å². The number of rotatable bonds is 6. The Morgan fingerprint density at radius 3 is 2.68 bits per heavy atom. The number of hydrogen-bond acceptors (Lipinski definition) is 2. The average Bonchev–Trinajstić information content (AvgIpc) is 3.33. The highest BCUT2D eigenvalue weighted by molar-refractivity contribution is 5.39. The normalized spacial score (nSPS) is 21.5. The SMILES string of the molecule is c1cc2c(cc1CNCC(C1CC1)C1CC1)CCO2. The van der Waals surface area contributed by atoms with E-state index in [0.717, 1.165) is 43.1 Å². The maximum Gasteiger partial charge on any atom is 0.122 e. The molecule has 0 atom stereocenters. The van der Waals surface area contributed by atoms with Gasteiger partial charge in [-0.3, -0.25) is 0 Å². The molecule has 0 radical (unpaired) electrons. The number of ether oxygens (including phenoxy) is 1. The molecule has 0 saturated heterocycles. The molecule has 0 unspecified atom stereocenters. The first kappa shape index (κ1) is 11.8. The minimum atomic E-state index is 0.859. The van der Waals surface area contributed by atoms with Crippen LogP contribution in [0.5, 0.6) is 5.75 Å². The first-order chi connectivity index (χ1) is 9.40. The van der Waals surface area contributed by atoms with Gasteiger partial charge in [0, 0.05) is 13.0 Å². The largest absolute Gasteiger partial charge is 0.493 e. The van der Waals surface area contributed by atoms with Gasteiger partial charge in [-0.15, -0.1) is 0 Å². The number of benzene rings is 1. The van der Waals surface area contributed by atoms with Crippen LogP contribution in [-0.2, 0) is 13.0 Å². The number of nitrogens with one attached hydrogen (secondary N) is 1. The van der Waals surface area contributed by atoms with Crippen LogP contribution in [0.2, 0.25) is 0 Å². The van der Waals surface area contributed by atoms with E-state index < -0.39 is 0 Å². The molecule has 3 aliphatic rings. The third kappa shape index (κ3) is 2.64. The summed E-state index contributed by atoms with van der Waals surface area (Å²) in [6, 6.07) is 6.66. The van der Waals surface area contributed by atoms with Crippen LogP contribution in [0, 0.1) is 17.8 Å². The molecule has 102 valence electrons. The fraction of sp³-hybridized carbons (Fsp3) is 0.647. The average molecular weight is 257 g/mol. The molecule has 19 heavy (non-hydrogen) atoms. The van der Waals surface area contributed by atoms with Gasteiger partial charge in [0.2, 0.25) is 0 Å². The predicted molar refractivity (Wildman–Crippen MR) is 76.3 cm³/mol. The molecule has 0 amide bonds. The van der Waals surface area contributed by atoms with Gasteiger partial charge in [0.05, 0.1) is 6.61 Å². The lowest BCUT2D eigenvalue weighted by Crippen LogP contribution is -2.25. The monoisotopic (exact) mass is 257 g/mol. The second kappa shape index (κ2) is 4.82. The maximum atomic E-state index is 5.56. The van der Waals surface area contributed by atoms with Crippen molar-refractivity contribution in [2.45, 2.75) is 38.6 Å². The summed E-state index contributed by atoms with van der Waals surface area (Å²) >= 11 is 0. The first-order valence-corrected chi connectivity index (χ1v) is 7.85. The Hall–Kier alpha value is -1.02. The lowest BCUT2D eigenvalue weighted by Gasteiger charge is -2.16. The van der Waals surface area contributed by atoms with Crippen LogP contribution in [0.1, 0.15) is 36.8 Å². The standard InChI is InChI=1S/C17H23NO/c1-6-17-15(7-8-19-17)9-12(1)10-18-11-16(13-2-3-13)14-4-5-14/h1,6,9,13-14,16,18H,2-5,7-8,10-11H2. The van der Waals surface area contributed by atoms with Gasteiger partial charge in [-0.1, -0.05) is 12.1 Å². The van der Waals surface area contributed by atoms with Crippen LogP contribution < -0.4 is 10.1 Å². The summed E-state index contributed by atoms with van der Waals surface area (Å²) in [6.45, 7) is 3.10. The van der Waals surface area contributed by atoms with Crippen LogP contribution in [0.15, 0.2) is 18.2 Å². The van der Waals surface area contributed by atoms with E-state index in [0.29, 0.717) is 0 Å². The Morgan fingerprint density at radius 1 is 1.16 bits per heavy atom. The molecule has 1 aliphatic heterocycles. The van der Waals surface area contributed by atoms with E-state index in [1.807, 2.05) is 0 Å². The lowest BCUT2D eigenvalue weighted by molar-refractivity contribution is 0.356. The van der Waals surface area contributed by atoms with E-state index >= 15 is 0 Å². The zero-order valence-electron chi connectivity index (χ0n) is 11.5. The minimum absolute atomic E-state index is 0.859. The van der Waals surface area contributed by atoms with E-state index in [1.54, 1.807) is 0 Å². The van der Waals surface area contributed by atoms with E-state index in [4.69, 9.17) is 4.74 Å². The van der Waals surface area contributed by atoms with Crippen molar-refractivity contribution in [1.82, 2.24) is 5.32 Å². The molecule has 0 bridgehead atoms. The van der Waals surface area contributed by atoms with Gasteiger partial charge in [0.15, 0.2) is 0 Å². The number of fused-ring (bicyclic) bond motifs is 1. The summed E-state index contributed by atoms with van der Waals surface area (Å²) in [4.78, 5) is 0. The van der Waals surface area contributed by atoms with Crippen molar-refractivity contribution in [2.24, 2.45) is 17.8 Å². The zero-order valence-corrected chi connectivity index (χ0v) is 11.5. The van der Waals surface area contributed by atoms with E-state index in [2.05, 4.69) is 23.5 Å². The highest BCUT2D eigenvalue weighted by Crippen LogP contribution is 2.48. The molecule has 0 spiro atoms. The minimum Gasteiger partial charge on any atom is -0.493 e. The van der Waals surface area contributed by atoms with Crippen LogP contribution in [-0.4, -0.2) is 13.2 Å². The molecular formula is C17H23NO. The molecule has 2 fully saturated rings. The van der Waals surface area contributed by atoms with Crippen LogP contribution >= 0.6 is 0 Å². The molecule has 2 aliphatic carbocycles. The third-order valence-electron chi connectivity index (χ3n) is 4.92. The van der Waals surface area contributed by atoms with Crippen molar-refractivity contribution in [2.75, 3.05) is 13.2 Å². The van der Waals surface area contributed by atoms with Crippen molar-refractivity contribution < 1.29 is 4.74 Å². The van der Waals surface area contributed by atoms with Crippen molar-refractivity contribution >= 4 is 0 Å². The fourth-order valence-electron chi connectivity index (χ4n) is 3.50. The van der Waals surface area contributed by atoms with Gasteiger partial charge in [0.25, 0.3) is 0 Å². The van der Waals surface area contributed by atoms with Crippen molar-refractivity contribution in [1.29, 1.82) is 0 Å². The van der Waals surface area contributed by atoms with Crippen LogP contribution in [0.3, 0.4) is 0 Å². The van der Waals surface area contributed by atoms with Gasteiger partial charge in [-0.05, 0) is 67.2 Å². The van der Waals surface area contributed by atoms with Crippen molar-refractivity contribution in [3.63, 3.8) is 0 Å². The van der Waals surface area contributed by atoms with Crippen LogP contribution in [0.4, 0.5) is 0 Å². The topological polar surface area (TPSA) is 21.3 Å². The molecule has 4 rings (SSSR count). The van der Waals surface area contributed by atoms with Crippen LogP contribution in [0.25, 0.3) is 0 Å². The molecule has 1 heterocycles. The van der Waals surface area contributed by atoms with E-state index in [-0.39, 0.29) is 0 Å². The quantitative estimate of drug-likeness (QED) is 0.845. The number of hydrogen-bond donors (Lipinski definition) is 1. The Bertz CT molecular complexity index is 450. The Kier molecular flexibility index (Phi) is 2.99. The fourth-order valence-corrected chi connectivity index (χ4v) is 3.50. The third-order valence-corrected chi connectivity index (χ3v) is 4.92. The van der Waals surface area contributed by atoms with Gasteiger partial charge in [-0.2, -0.15) is 0 Å². The van der Waals surface area contributed by atoms with E-state index in [1.165, 1.54) is 43.4 Å². The second-order valence-corrected chi connectivity index (χ2v) is 6.51. The molecule has 1 aromatic carbocycles. The van der Waals surface area contributed by atoms with Gasteiger partial charge in [-0.25, -0.2) is 0 Å².